The highest BCUT2D eigenvalue weighted by Gasteiger charge is 2.02. The van der Waals surface area contributed by atoms with Crippen LogP contribution in [0.1, 0.15) is 44.6 Å². The first-order valence-electron chi connectivity index (χ1n) is 7.18. The van der Waals surface area contributed by atoms with Gasteiger partial charge in [0.2, 0.25) is 0 Å². The Morgan fingerprint density at radius 1 is 1.11 bits per heavy atom. The van der Waals surface area contributed by atoms with Crippen LogP contribution in [0, 0.1) is 6.92 Å². The van der Waals surface area contributed by atoms with Crippen LogP contribution in [0.2, 0.25) is 0 Å². The molecule has 19 heavy (non-hydrogen) atoms. The molecule has 0 aromatic heterocycles. The molecule has 3 nitrogen and oxygen atoms in total. The Bertz CT molecular complexity index is 360. The number of rotatable bonds is 9. The molecule has 0 saturated carbocycles. The number of hydrogen-bond acceptors (Lipinski definition) is 3. The minimum absolute atomic E-state index is 0.184. The van der Waals surface area contributed by atoms with Gasteiger partial charge in [-0.2, -0.15) is 0 Å². The molecular weight excluding hydrogens is 238 g/mol. The van der Waals surface area contributed by atoms with E-state index < -0.39 is 0 Å². The molecule has 0 aliphatic rings. The number of aryl methyl sites for hydroxylation is 1. The molecular formula is C16H25NO2. The minimum Gasteiger partial charge on any atom is -0.464 e. The summed E-state index contributed by atoms with van der Waals surface area (Å²) >= 11 is 0. The Morgan fingerprint density at radius 3 is 2.47 bits per heavy atom. The SMILES string of the molecule is CCCCCCCOC(=O)CNc1ccc(C)cc1. The van der Waals surface area contributed by atoms with Crippen LogP contribution in [0.4, 0.5) is 5.69 Å². The number of esters is 1. The van der Waals surface area contributed by atoms with Crippen molar-refractivity contribution in [1.82, 2.24) is 0 Å². The first kappa shape index (κ1) is 15.5. The van der Waals surface area contributed by atoms with Gasteiger partial charge in [-0.3, -0.25) is 4.79 Å². The third-order valence-electron chi connectivity index (χ3n) is 3.00. The van der Waals surface area contributed by atoms with E-state index in [9.17, 15) is 4.79 Å². The Morgan fingerprint density at radius 2 is 1.79 bits per heavy atom. The number of benzene rings is 1. The smallest absolute Gasteiger partial charge is 0.325 e. The zero-order valence-electron chi connectivity index (χ0n) is 12.1. The Labute approximate surface area is 116 Å². The second kappa shape index (κ2) is 9.42. The van der Waals surface area contributed by atoms with Crippen LogP contribution < -0.4 is 5.32 Å². The lowest BCUT2D eigenvalue weighted by molar-refractivity contribution is -0.141. The van der Waals surface area contributed by atoms with E-state index in [0.717, 1.165) is 18.5 Å². The number of ether oxygens (including phenoxy) is 1. The second-order valence-corrected chi connectivity index (χ2v) is 4.85. The lowest BCUT2D eigenvalue weighted by atomic mass is 10.2. The van der Waals surface area contributed by atoms with Crippen LogP contribution in [0.25, 0.3) is 0 Å². The van der Waals surface area contributed by atoms with Crippen LogP contribution in [0.5, 0.6) is 0 Å². The fraction of sp³-hybridized carbons (Fsp3) is 0.562. The van der Waals surface area contributed by atoms with Crippen molar-refractivity contribution in [2.45, 2.75) is 46.0 Å². The fourth-order valence-corrected chi connectivity index (χ4v) is 1.79. The zero-order chi connectivity index (χ0) is 13.9. The molecule has 0 unspecified atom stereocenters. The van der Waals surface area contributed by atoms with Gasteiger partial charge in [0.25, 0.3) is 0 Å². The highest BCUT2D eigenvalue weighted by Crippen LogP contribution is 2.08. The van der Waals surface area contributed by atoms with Crippen molar-refractivity contribution in [3.63, 3.8) is 0 Å². The van der Waals surface area contributed by atoms with Gasteiger partial charge in [-0.25, -0.2) is 0 Å². The van der Waals surface area contributed by atoms with Gasteiger partial charge in [0.15, 0.2) is 0 Å². The average molecular weight is 263 g/mol. The predicted octanol–water partition coefficient (Wildman–Crippen LogP) is 3.92. The van der Waals surface area contributed by atoms with Crippen molar-refractivity contribution < 1.29 is 9.53 Å². The van der Waals surface area contributed by atoms with Gasteiger partial charge in [0, 0.05) is 5.69 Å². The molecule has 0 atom stereocenters. The Kier molecular flexibility index (Phi) is 7.71. The summed E-state index contributed by atoms with van der Waals surface area (Å²) in [6.07, 6.45) is 5.85. The summed E-state index contributed by atoms with van der Waals surface area (Å²) in [5.41, 5.74) is 2.16. The van der Waals surface area contributed by atoms with Crippen molar-refractivity contribution in [3.8, 4) is 0 Å². The van der Waals surface area contributed by atoms with Crippen molar-refractivity contribution in [3.05, 3.63) is 29.8 Å². The largest absolute Gasteiger partial charge is 0.464 e. The number of carbonyl (C=O) groups is 1. The van der Waals surface area contributed by atoms with E-state index >= 15 is 0 Å². The molecule has 0 spiro atoms. The fourth-order valence-electron chi connectivity index (χ4n) is 1.79. The molecule has 106 valence electrons. The summed E-state index contributed by atoms with van der Waals surface area (Å²) in [6, 6.07) is 7.96. The molecule has 0 bridgehead atoms. The van der Waals surface area contributed by atoms with Gasteiger partial charge in [-0.05, 0) is 25.5 Å². The molecule has 0 heterocycles. The predicted molar refractivity (Wildman–Crippen MR) is 79.4 cm³/mol. The maximum Gasteiger partial charge on any atom is 0.325 e. The third kappa shape index (κ3) is 7.50. The quantitative estimate of drug-likeness (QED) is 0.542. The molecule has 0 aliphatic heterocycles. The number of nitrogens with one attached hydrogen (secondary N) is 1. The van der Waals surface area contributed by atoms with Crippen LogP contribution >= 0.6 is 0 Å². The molecule has 1 rings (SSSR count). The van der Waals surface area contributed by atoms with Gasteiger partial charge in [0.1, 0.15) is 6.54 Å². The van der Waals surface area contributed by atoms with E-state index in [1.165, 1.54) is 24.8 Å². The average Bonchev–Trinajstić information content (AvgIpc) is 2.42. The van der Waals surface area contributed by atoms with E-state index in [1.807, 2.05) is 31.2 Å². The molecule has 0 radical (unpaired) electrons. The number of anilines is 1. The van der Waals surface area contributed by atoms with E-state index in [2.05, 4.69) is 12.2 Å². The van der Waals surface area contributed by atoms with Crippen molar-refractivity contribution in [2.24, 2.45) is 0 Å². The molecule has 0 fully saturated rings. The highest BCUT2D eigenvalue weighted by molar-refractivity contribution is 5.74. The molecule has 1 aromatic rings. The zero-order valence-corrected chi connectivity index (χ0v) is 12.1. The number of hydrogen-bond donors (Lipinski definition) is 1. The van der Waals surface area contributed by atoms with Crippen molar-refractivity contribution >= 4 is 11.7 Å². The minimum atomic E-state index is -0.184. The monoisotopic (exact) mass is 263 g/mol. The highest BCUT2D eigenvalue weighted by atomic mass is 16.5. The topological polar surface area (TPSA) is 38.3 Å². The third-order valence-corrected chi connectivity index (χ3v) is 3.00. The number of carbonyl (C=O) groups excluding carboxylic acids is 1. The second-order valence-electron chi connectivity index (χ2n) is 4.85. The van der Waals surface area contributed by atoms with Gasteiger partial charge in [-0.1, -0.05) is 50.3 Å². The van der Waals surface area contributed by atoms with Crippen LogP contribution in [-0.2, 0) is 9.53 Å². The summed E-state index contributed by atoms with van der Waals surface area (Å²) in [5.74, 6) is -0.184. The number of unbranched alkanes of at least 4 members (excludes halogenated alkanes) is 4. The molecule has 3 heteroatoms. The van der Waals surface area contributed by atoms with E-state index in [-0.39, 0.29) is 12.5 Å². The maximum atomic E-state index is 11.5. The summed E-state index contributed by atoms with van der Waals surface area (Å²) in [4.78, 5) is 11.5. The van der Waals surface area contributed by atoms with Gasteiger partial charge < -0.3 is 10.1 Å². The van der Waals surface area contributed by atoms with E-state index in [1.54, 1.807) is 0 Å². The van der Waals surface area contributed by atoms with Gasteiger partial charge in [-0.15, -0.1) is 0 Å². The first-order chi connectivity index (χ1) is 9.22. The normalized spacial score (nSPS) is 10.2. The van der Waals surface area contributed by atoms with Crippen molar-refractivity contribution in [2.75, 3.05) is 18.5 Å². The summed E-state index contributed by atoms with van der Waals surface area (Å²) < 4.78 is 5.17. The Hall–Kier alpha value is -1.51. The molecule has 0 aliphatic carbocycles. The lowest BCUT2D eigenvalue weighted by Crippen LogP contribution is -2.17. The van der Waals surface area contributed by atoms with Gasteiger partial charge >= 0.3 is 5.97 Å². The van der Waals surface area contributed by atoms with Gasteiger partial charge in [0.05, 0.1) is 6.61 Å². The standard InChI is InChI=1S/C16H25NO2/c1-3-4-5-6-7-12-19-16(18)13-17-15-10-8-14(2)9-11-15/h8-11,17H,3-7,12-13H2,1-2H3. The summed E-state index contributed by atoms with van der Waals surface area (Å²) in [7, 11) is 0. The van der Waals surface area contributed by atoms with Crippen LogP contribution in [0.3, 0.4) is 0 Å². The van der Waals surface area contributed by atoms with Crippen molar-refractivity contribution in [1.29, 1.82) is 0 Å². The first-order valence-corrected chi connectivity index (χ1v) is 7.18. The van der Waals surface area contributed by atoms with E-state index in [4.69, 9.17) is 4.74 Å². The maximum absolute atomic E-state index is 11.5. The summed E-state index contributed by atoms with van der Waals surface area (Å²) in [6.45, 7) is 5.00. The van der Waals surface area contributed by atoms with E-state index in [0.29, 0.717) is 6.61 Å². The molecule has 0 saturated heterocycles. The lowest BCUT2D eigenvalue weighted by Gasteiger charge is -2.07. The molecule has 0 amide bonds. The Balaban J connectivity index is 2.06. The molecule has 1 aromatic carbocycles. The van der Waals surface area contributed by atoms with Crippen LogP contribution in [0.15, 0.2) is 24.3 Å². The molecule has 1 N–H and O–H groups in total. The van der Waals surface area contributed by atoms with Crippen LogP contribution in [-0.4, -0.2) is 19.1 Å². The summed E-state index contributed by atoms with van der Waals surface area (Å²) in [5, 5.41) is 3.06.